The summed E-state index contributed by atoms with van der Waals surface area (Å²) < 4.78 is 23.6. The molecule has 0 heterocycles. The van der Waals surface area contributed by atoms with Crippen LogP contribution in [0.3, 0.4) is 0 Å². The van der Waals surface area contributed by atoms with Gasteiger partial charge in [-0.15, -0.1) is 0 Å². The summed E-state index contributed by atoms with van der Waals surface area (Å²) in [5.41, 5.74) is 0. The van der Waals surface area contributed by atoms with Crippen molar-refractivity contribution in [1.29, 1.82) is 0 Å². The molecular formula is C8H7FI2O2. The van der Waals surface area contributed by atoms with Crippen molar-refractivity contribution in [3.05, 3.63) is 19.3 Å². The molecule has 0 unspecified atom stereocenters. The summed E-state index contributed by atoms with van der Waals surface area (Å²) in [7, 11) is 1.60. The first kappa shape index (κ1) is 11.3. The van der Waals surface area contributed by atoms with Gasteiger partial charge in [-0.2, -0.15) is 0 Å². The van der Waals surface area contributed by atoms with Crippen LogP contribution in [0.5, 0.6) is 11.5 Å². The van der Waals surface area contributed by atoms with Crippen LogP contribution >= 0.6 is 45.2 Å². The summed E-state index contributed by atoms with van der Waals surface area (Å²) in [4.78, 5) is 0. The molecule has 0 saturated heterocycles. The van der Waals surface area contributed by atoms with Gasteiger partial charge in [0.25, 0.3) is 0 Å². The molecule has 0 N–H and O–H groups in total. The lowest BCUT2D eigenvalue weighted by atomic mass is 10.3. The van der Waals surface area contributed by atoms with E-state index >= 15 is 0 Å². The molecule has 0 amide bonds. The highest BCUT2D eigenvalue weighted by Gasteiger charge is 2.09. The van der Waals surface area contributed by atoms with Gasteiger partial charge < -0.3 is 9.47 Å². The Morgan fingerprint density at radius 2 is 1.77 bits per heavy atom. The number of hydrogen-bond acceptors (Lipinski definition) is 2. The zero-order chi connectivity index (χ0) is 9.84. The van der Waals surface area contributed by atoms with Crippen LogP contribution in [0.15, 0.2) is 12.1 Å². The van der Waals surface area contributed by atoms with E-state index in [0.29, 0.717) is 5.75 Å². The van der Waals surface area contributed by atoms with Crippen LogP contribution in [0.4, 0.5) is 4.39 Å². The van der Waals surface area contributed by atoms with Gasteiger partial charge in [0.2, 0.25) is 6.86 Å². The lowest BCUT2D eigenvalue weighted by molar-refractivity contribution is 0.190. The van der Waals surface area contributed by atoms with Crippen molar-refractivity contribution in [3.8, 4) is 11.5 Å². The maximum absolute atomic E-state index is 11.9. The van der Waals surface area contributed by atoms with Crippen molar-refractivity contribution < 1.29 is 13.9 Å². The molecule has 13 heavy (non-hydrogen) atoms. The minimum absolute atomic E-state index is 0.549. The molecule has 2 nitrogen and oxygen atoms in total. The third kappa shape index (κ3) is 2.58. The molecule has 1 rings (SSSR count). The minimum Gasteiger partial charge on any atom is -0.496 e. The molecule has 72 valence electrons. The summed E-state index contributed by atoms with van der Waals surface area (Å²) >= 11 is 4.23. The highest BCUT2D eigenvalue weighted by molar-refractivity contribution is 14.1. The number of halogens is 3. The molecule has 0 aliphatic rings. The Labute approximate surface area is 103 Å². The predicted molar refractivity (Wildman–Crippen MR) is 65.0 cm³/mol. The number of methoxy groups -OCH3 is 1. The van der Waals surface area contributed by atoms with E-state index in [1.54, 1.807) is 19.2 Å². The van der Waals surface area contributed by atoms with Crippen LogP contribution in [0.2, 0.25) is 0 Å². The average molecular weight is 408 g/mol. The van der Waals surface area contributed by atoms with Gasteiger partial charge in [-0.3, -0.25) is 0 Å². The molecule has 0 aromatic heterocycles. The van der Waals surface area contributed by atoms with E-state index in [1.807, 2.05) is 0 Å². The van der Waals surface area contributed by atoms with E-state index in [2.05, 4.69) is 45.2 Å². The van der Waals surface area contributed by atoms with Crippen LogP contribution in [-0.2, 0) is 0 Å². The molecule has 0 saturated carbocycles. The first-order valence-electron chi connectivity index (χ1n) is 3.41. The topological polar surface area (TPSA) is 18.5 Å². The molecule has 0 atom stereocenters. The summed E-state index contributed by atoms with van der Waals surface area (Å²) in [6, 6.07) is 3.46. The maximum atomic E-state index is 11.9. The van der Waals surface area contributed by atoms with E-state index in [9.17, 15) is 4.39 Å². The Balaban J connectivity index is 3.07. The summed E-state index contributed by atoms with van der Waals surface area (Å²) in [6.45, 7) is -0.807. The molecule has 0 aliphatic carbocycles. The van der Waals surface area contributed by atoms with E-state index in [-0.39, 0.29) is 0 Å². The summed E-state index contributed by atoms with van der Waals surface area (Å²) in [5.74, 6) is 1.32. The van der Waals surface area contributed by atoms with Gasteiger partial charge in [0.15, 0.2) is 0 Å². The molecule has 0 spiro atoms. The van der Waals surface area contributed by atoms with Crippen molar-refractivity contribution in [2.75, 3.05) is 14.0 Å². The van der Waals surface area contributed by atoms with Gasteiger partial charge in [0, 0.05) is 0 Å². The number of ether oxygens (including phenoxy) is 2. The SMILES string of the molecule is COc1ccc(OCF)c(I)c1I. The van der Waals surface area contributed by atoms with Gasteiger partial charge >= 0.3 is 0 Å². The standard InChI is InChI=1S/C8H7FI2O2/c1-12-5-2-3-6(13-4-9)8(11)7(5)10/h2-3H,4H2,1H3. The minimum atomic E-state index is -0.807. The second-order valence-electron chi connectivity index (χ2n) is 2.15. The quantitative estimate of drug-likeness (QED) is 0.716. The van der Waals surface area contributed by atoms with Crippen LogP contribution in [0.25, 0.3) is 0 Å². The molecule has 0 fully saturated rings. The summed E-state index contributed by atoms with van der Waals surface area (Å²) in [6.07, 6.45) is 0. The Morgan fingerprint density at radius 3 is 2.31 bits per heavy atom. The van der Waals surface area contributed by atoms with E-state index < -0.39 is 6.86 Å². The van der Waals surface area contributed by atoms with Crippen LogP contribution in [0.1, 0.15) is 0 Å². The first-order valence-corrected chi connectivity index (χ1v) is 5.57. The Kier molecular flexibility index (Phi) is 4.50. The lowest BCUT2D eigenvalue weighted by Gasteiger charge is -2.09. The number of benzene rings is 1. The smallest absolute Gasteiger partial charge is 0.228 e. The second-order valence-corrected chi connectivity index (χ2v) is 4.30. The molecular weight excluding hydrogens is 401 g/mol. The Bertz CT molecular complexity index is 304. The van der Waals surface area contributed by atoms with Crippen molar-refractivity contribution in [3.63, 3.8) is 0 Å². The van der Waals surface area contributed by atoms with E-state index in [0.717, 1.165) is 12.9 Å². The van der Waals surface area contributed by atoms with Crippen molar-refractivity contribution in [2.45, 2.75) is 0 Å². The third-order valence-electron chi connectivity index (χ3n) is 1.44. The molecule has 0 aliphatic heterocycles. The largest absolute Gasteiger partial charge is 0.496 e. The fraction of sp³-hybridized carbons (Fsp3) is 0.250. The maximum Gasteiger partial charge on any atom is 0.228 e. The van der Waals surface area contributed by atoms with Crippen molar-refractivity contribution in [2.24, 2.45) is 0 Å². The molecule has 5 heteroatoms. The van der Waals surface area contributed by atoms with Crippen LogP contribution in [-0.4, -0.2) is 14.0 Å². The van der Waals surface area contributed by atoms with Gasteiger partial charge in [-0.25, -0.2) is 4.39 Å². The molecule has 0 bridgehead atoms. The third-order valence-corrected chi connectivity index (χ3v) is 4.62. The van der Waals surface area contributed by atoms with Crippen LogP contribution < -0.4 is 9.47 Å². The van der Waals surface area contributed by atoms with Gasteiger partial charge in [-0.05, 0) is 57.3 Å². The lowest BCUT2D eigenvalue weighted by Crippen LogP contribution is -1.96. The zero-order valence-corrected chi connectivity index (χ0v) is 11.1. The average Bonchev–Trinajstić information content (AvgIpc) is 2.14. The van der Waals surface area contributed by atoms with Crippen LogP contribution in [0, 0.1) is 7.14 Å². The van der Waals surface area contributed by atoms with Crippen molar-refractivity contribution >= 4 is 45.2 Å². The number of alkyl halides is 1. The molecule has 1 aromatic rings. The van der Waals surface area contributed by atoms with Crippen molar-refractivity contribution in [1.82, 2.24) is 0 Å². The van der Waals surface area contributed by atoms with Gasteiger partial charge in [0.05, 0.1) is 14.3 Å². The Hall–Kier alpha value is 0.210. The van der Waals surface area contributed by atoms with E-state index in [4.69, 9.17) is 9.47 Å². The fourth-order valence-corrected chi connectivity index (χ4v) is 2.11. The van der Waals surface area contributed by atoms with Gasteiger partial charge in [0.1, 0.15) is 11.5 Å². The number of hydrogen-bond donors (Lipinski definition) is 0. The normalized spacial score (nSPS) is 9.85. The fourth-order valence-electron chi connectivity index (χ4n) is 0.842. The Morgan fingerprint density at radius 1 is 1.23 bits per heavy atom. The van der Waals surface area contributed by atoms with E-state index in [1.165, 1.54) is 0 Å². The van der Waals surface area contributed by atoms with Gasteiger partial charge in [-0.1, -0.05) is 0 Å². The second kappa shape index (κ2) is 5.18. The number of rotatable bonds is 3. The highest BCUT2D eigenvalue weighted by atomic mass is 127. The zero-order valence-electron chi connectivity index (χ0n) is 6.81. The molecule has 0 radical (unpaired) electrons. The summed E-state index contributed by atoms with van der Waals surface area (Å²) in [5, 5.41) is 0. The monoisotopic (exact) mass is 408 g/mol. The highest BCUT2D eigenvalue weighted by Crippen LogP contribution is 2.32. The molecule has 1 aromatic carbocycles. The predicted octanol–water partition coefficient (Wildman–Crippen LogP) is 3.21. The first-order chi connectivity index (χ1) is 6.20.